The Bertz CT molecular complexity index is 345. The first-order valence-corrected chi connectivity index (χ1v) is 6.23. The molecule has 0 aromatic carbocycles. The van der Waals surface area contributed by atoms with Crippen LogP contribution in [0.2, 0.25) is 0 Å². The molecular weight excluding hydrogens is 230 g/mol. The van der Waals surface area contributed by atoms with Gasteiger partial charge in [0.25, 0.3) is 0 Å². The molecule has 1 aromatic heterocycles. The standard InChI is InChI=1S/C12H23N5O/c1-10-16-11(14-6-4-5-13-2)9-12(17-10)15-7-8-18-3/h9,13H,4-8H2,1-3H3,(H2,14,15,16,17). The fraction of sp³-hybridized carbons (Fsp3) is 0.667. The molecule has 0 radical (unpaired) electrons. The Balaban J connectivity index is 2.46. The maximum Gasteiger partial charge on any atom is 0.131 e. The van der Waals surface area contributed by atoms with Crippen LogP contribution in [0.15, 0.2) is 6.07 Å². The van der Waals surface area contributed by atoms with E-state index in [1.165, 1.54) is 0 Å². The summed E-state index contributed by atoms with van der Waals surface area (Å²) in [4.78, 5) is 8.67. The minimum Gasteiger partial charge on any atom is -0.383 e. The van der Waals surface area contributed by atoms with Crippen molar-refractivity contribution in [2.75, 3.05) is 51.0 Å². The Hall–Kier alpha value is -1.40. The lowest BCUT2D eigenvalue weighted by Crippen LogP contribution is -2.14. The van der Waals surface area contributed by atoms with E-state index in [1.54, 1.807) is 7.11 Å². The molecule has 6 nitrogen and oxygen atoms in total. The van der Waals surface area contributed by atoms with E-state index in [2.05, 4.69) is 25.9 Å². The second kappa shape index (κ2) is 8.66. The van der Waals surface area contributed by atoms with Crippen LogP contribution in [0.1, 0.15) is 12.2 Å². The predicted octanol–water partition coefficient (Wildman–Crippen LogP) is 0.865. The summed E-state index contributed by atoms with van der Waals surface area (Å²) in [6.07, 6.45) is 1.06. The Kier molecular flexibility index (Phi) is 7.05. The van der Waals surface area contributed by atoms with E-state index in [1.807, 2.05) is 20.0 Å². The summed E-state index contributed by atoms with van der Waals surface area (Å²) in [5.74, 6) is 2.45. The molecular formula is C12H23N5O. The van der Waals surface area contributed by atoms with E-state index in [0.717, 1.165) is 43.5 Å². The molecule has 0 spiro atoms. The molecule has 0 saturated carbocycles. The van der Waals surface area contributed by atoms with E-state index in [9.17, 15) is 0 Å². The molecule has 0 aliphatic carbocycles. The van der Waals surface area contributed by atoms with E-state index in [4.69, 9.17) is 4.74 Å². The van der Waals surface area contributed by atoms with Crippen LogP contribution in [0.3, 0.4) is 0 Å². The molecule has 0 saturated heterocycles. The third-order valence-corrected chi connectivity index (χ3v) is 2.36. The summed E-state index contributed by atoms with van der Waals surface area (Å²) in [7, 11) is 3.63. The highest BCUT2D eigenvalue weighted by molar-refractivity contribution is 5.47. The summed E-state index contributed by atoms with van der Waals surface area (Å²) in [5.41, 5.74) is 0. The lowest BCUT2D eigenvalue weighted by Gasteiger charge is -2.09. The van der Waals surface area contributed by atoms with Crippen LogP contribution in [-0.4, -0.2) is 50.4 Å². The molecule has 1 aromatic rings. The first kappa shape index (κ1) is 14.7. The number of anilines is 2. The molecule has 1 rings (SSSR count). The smallest absolute Gasteiger partial charge is 0.131 e. The molecule has 0 unspecified atom stereocenters. The van der Waals surface area contributed by atoms with Gasteiger partial charge < -0.3 is 20.7 Å². The van der Waals surface area contributed by atoms with Gasteiger partial charge in [0.15, 0.2) is 0 Å². The quantitative estimate of drug-likeness (QED) is 0.567. The molecule has 0 bridgehead atoms. The Morgan fingerprint density at radius 3 is 2.39 bits per heavy atom. The van der Waals surface area contributed by atoms with Crippen molar-refractivity contribution in [3.63, 3.8) is 0 Å². The lowest BCUT2D eigenvalue weighted by molar-refractivity contribution is 0.210. The average molecular weight is 253 g/mol. The number of aryl methyl sites for hydroxylation is 1. The van der Waals surface area contributed by atoms with Gasteiger partial charge in [-0.05, 0) is 26.9 Å². The van der Waals surface area contributed by atoms with Crippen LogP contribution in [0.25, 0.3) is 0 Å². The highest BCUT2D eigenvalue weighted by atomic mass is 16.5. The second-order valence-electron chi connectivity index (χ2n) is 3.99. The van der Waals surface area contributed by atoms with Crippen molar-refractivity contribution < 1.29 is 4.74 Å². The molecule has 1 heterocycles. The topological polar surface area (TPSA) is 71.1 Å². The predicted molar refractivity (Wildman–Crippen MR) is 74.2 cm³/mol. The number of hydrogen-bond donors (Lipinski definition) is 3. The van der Waals surface area contributed by atoms with Crippen LogP contribution in [-0.2, 0) is 4.74 Å². The van der Waals surface area contributed by atoms with Gasteiger partial charge in [0.05, 0.1) is 6.61 Å². The molecule has 18 heavy (non-hydrogen) atoms. The first-order valence-electron chi connectivity index (χ1n) is 6.23. The van der Waals surface area contributed by atoms with Crippen LogP contribution in [0.4, 0.5) is 11.6 Å². The van der Waals surface area contributed by atoms with Gasteiger partial charge in [0.2, 0.25) is 0 Å². The summed E-state index contributed by atoms with van der Waals surface area (Å²) in [6.45, 7) is 5.19. The average Bonchev–Trinajstić information content (AvgIpc) is 2.34. The minimum atomic E-state index is 0.661. The van der Waals surface area contributed by atoms with E-state index in [-0.39, 0.29) is 0 Å². The van der Waals surface area contributed by atoms with Crippen LogP contribution in [0.5, 0.6) is 0 Å². The summed E-state index contributed by atoms with van der Waals surface area (Å²) in [6, 6.07) is 1.92. The zero-order valence-electron chi connectivity index (χ0n) is 11.4. The number of ether oxygens (including phenoxy) is 1. The normalized spacial score (nSPS) is 10.4. The number of nitrogens with one attached hydrogen (secondary N) is 3. The Morgan fingerprint density at radius 1 is 1.11 bits per heavy atom. The largest absolute Gasteiger partial charge is 0.383 e. The monoisotopic (exact) mass is 253 g/mol. The van der Waals surface area contributed by atoms with Crippen molar-refractivity contribution in [1.82, 2.24) is 15.3 Å². The molecule has 0 fully saturated rings. The molecule has 102 valence electrons. The Morgan fingerprint density at radius 2 is 1.78 bits per heavy atom. The maximum absolute atomic E-state index is 4.99. The number of nitrogens with zero attached hydrogens (tertiary/aromatic N) is 2. The van der Waals surface area contributed by atoms with Gasteiger partial charge in [-0.1, -0.05) is 0 Å². The van der Waals surface area contributed by atoms with Crippen molar-refractivity contribution in [3.8, 4) is 0 Å². The molecule has 0 aliphatic rings. The molecule has 6 heteroatoms. The fourth-order valence-electron chi connectivity index (χ4n) is 1.51. The van der Waals surface area contributed by atoms with Crippen LogP contribution < -0.4 is 16.0 Å². The van der Waals surface area contributed by atoms with Gasteiger partial charge >= 0.3 is 0 Å². The number of aromatic nitrogens is 2. The number of rotatable bonds is 9. The van der Waals surface area contributed by atoms with Gasteiger partial charge in [-0.15, -0.1) is 0 Å². The lowest BCUT2D eigenvalue weighted by atomic mass is 10.4. The first-order chi connectivity index (χ1) is 8.76. The van der Waals surface area contributed by atoms with Gasteiger partial charge in [-0.25, -0.2) is 9.97 Å². The molecule has 0 amide bonds. The third-order valence-electron chi connectivity index (χ3n) is 2.36. The van der Waals surface area contributed by atoms with E-state index >= 15 is 0 Å². The zero-order chi connectivity index (χ0) is 13.2. The van der Waals surface area contributed by atoms with Crippen molar-refractivity contribution in [3.05, 3.63) is 11.9 Å². The summed E-state index contributed by atoms with van der Waals surface area (Å²) in [5, 5.41) is 9.60. The Labute approximate surface area is 109 Å². The van der Waals surface area contributed by atoms with Crippen LogP contribution in [0, 0.1) is 6.92 Å². The number of methoxy groups -OCH3 is 1. The van der Waals surface area contributed by atoms with Crippen LogP contribution >= 0.6 is 0 Å². The minimum absolute atomic E-state index is 0.661. The SMILES string of the molecule is CNCCCNc1cc(NCCOC)nc(C)n1. The number of hydrogen-bond acceptors (Lipinski definition) is 6. The van der Waals surface area contributed by atoms with Crippen molar-refractivity contribution >= 4 is 11.6 Å². The molecule has 3 N–H and O–H groups in total. The molecule has 0 aliphatic heterocycles. The maximum atomic E-state index is 4.99. The summed E-state index contributed by atoms with van der Waals surface area (Å²) < 4.78 is 4.99. The van der Waals surface area contributed by atoms with E-state index in [0.29, 0.717) is 6.61 Å². The van der Waals surface area contributed by atoms with Crippen molar-refractivity contribution in [1.29, 1.82) is 0 Å². The third kappa shape index (κ3) is 5.79. The van der Waals surface area contributed by atoms with Gasteiger partial charge in [0, 0.05) is 26.3 Å². The molecule has 0 atom stereocenters. The highest BCUT2D eigenvalue weighted by Crippen LogP contribution is 2.10. The zero-order valence-corrected chi connectivity index (χ0v) is 11.4. The van der Waals surface area contributed by atoms with E-state index < -0.39 is 0 Å². The highest BCUT2D eigenvalue weighted by Gasteiger charge is 2.00. The second-order valence-corrected chi connectivity index (χ2v) is 3.99. The van der Waals surface area contributed by atoms with Crippen molar-refractivity contribution in [2.24, 2.45) is 0 Å². The fourth-order valence-corrected chi connectivity index (χ4v) is 1.51. The van der Waals surface area contributed by atoms with Gasteiger partial charge in [-0.3, -0.25) is 0 Å². The van der Waals surface area contributed by atoms with Crippen molar-refractivity contribution in [2.45, 2.75) is 13.3 Å². The summed E-state index contributed by atoms with van der Waals surface area (Å²) >= 11 is 0. The van der Waals surface area contributed by atoms with Gasteiger partial charge in [-0.2, -0.15) is 0 Å². The van der Waals surface area contributed by atoms with Gasteiger partial charge in [0.1, 0.15) is 17.5 Å².